The van der Waals surface area contributed by atoms with Crippen molar-refractivity contribution in [3.05, 3.63) is 63.5 Å². The Bertz CT molecular complexity index is 896. The molecular weight excluding hydrogens is 361 g/mol. The van der Waals surface area contributed by atoms with Crippen molar-refractivity contribution in [3.63, 3.8) is 0 Å². The molecule has 0 fully saturated rings. The molecule has 130 valence electrons. The average molecular weight is 378 g/mol. The maximum Gasteiger partial charge on any atom is 0.247 e. The van der Waals surface area contributed by atoms with Gasteiger partial charge in [0.05, 0.1) is 17.3 Å². The second-order valence-corrected chi connectivity index (χ2v) is 6.54. The molecule has 3 rings (SSSR count). The number of rotatable bonds is 5. The molecule has 0 spiro atoms. The lowest BCUT2D eigenvalue weighted by molar-refractivity contribution is -0.116. The molecule has 0 saturated carbocycles. The predicted octanol–water partition coefficient (Wildman–Crippen LogP) is 3.69. The van der Waals surface area contributed by atoms with Gasteiger partial charge in [-0.05, 0) is 25.5 Å². The van der Waals surface area contributed by atoms with Crippen molar-refractivity contribution in [3.8, 4) is 0 Å². The molecule has 0 radical (unpaired) electrons. The van der Waals surface area contributed by atoms with E-state index in [9.17, 15) is 4.79 Å². The Kier molecular flexibility index (Phi) is 5.11. The highest BCUT2D eigenvalue weighted by Crippen LogP contribution is 2.18. The SMILES string of the molecule is Cc1nn(CC(=O)Nc2cc(C)n(Cc3ccccc3Cl)n2)cc1Cl. The third-order valence-corrected chi connectivity index (χ3v) is 4.46. The third-order valence-electron chi connectivity index (χ3n) is 3.72. The summed E-state index contributed by atoms with van der Waals surface area (Å²) in [6.07, 6.45) is 1.62. The number of halogens is 2. The Morgan fingerprint density at radius 1 is 1.16 bits per heavy atom. The Morgan fingerprint density at radius 2 is 1.92 bits per heavy atom. The van der Waals surface area contributed by atoms with Gasteiger partial charge in [-0.15, -0.1) is 0 Å². The summed E-state index contributed by atoms with van der Waals surface area (Å²) in [5, 5.41) is 12.6. The molecule has 2 heterocycles. The van der Waals surface area contributed by atoms with E-state index in [4.69, 9.17) is 23.2 Å². The summed E-state index contributed by atoms with van der Waals surface area (Å²) in [5.41, 5.74) is 2.58. The molecule has 25 heavy (non-hydrogen) atoms. The quantitative estimate of drug-likeness (QED) is 0.737. The van der Waals surface area contributed by atoms with E-state index in [1.165, 1.54) is 4.68 Å². The maximum absolute atomic E-state index is 12.2. The molecular formula is C17H17Cl2N5O. The van der Waals surface area contributed by atoms with E-state index in [2.05, 4.69) is 15.5 Å². The first-order valence-corrected chi connectivity index (χ1v) is 8.45. The second-order valence-electron chi connectivity index (χ2n) is 5.73. The van der Waals surface area contributed by atoms with Gasteiger partial charge < -0.3 is 5.32 Å². The van der Waals surface area contributed by atoms with E-state index in [0.29, 0.717) is 28.1 Å². The van der Waals surface area contributed by atoms with E-state index in [-0.39, 0.29) is 12.5 Å². The van der Waals surface area contributed by atoms with Gasteiger partial charge in [0, 0.05) is 23.0 Å². The summed E-state index contributed by atoms with van der Waals surface area (Å²) >= 11 is 12.1. The number of hydrogen-bond donors (Lipinski definition) is 1. The van der Waals surface area contributed by atoms with Crippen LogP contribution in [0, 0.1) is 13.8 Å². The molecule has 8 heteroatoms. The molecule has 1 N–H and O–H groups in total. The van der Waals surface area contributed by atoms with Gasteiger partial charge in [0.25, 0.3) is 0 Å². The van der Waals surface area contributed by atoms with Gasteiger partial charge in [-0.25, -0.2) is 0 Å². The summed E-state index contributed by atoms with van der Waals surface area (Å²) in [5.74, 6) is 0.270. The lowest BCUT2D eigenvalue weighted by Crippen LogP contribution is -2.19. The van der Waals surface area contributed by atoms with Gasteiger partial charge in [0.2, 0.25) is 5.91 Å². The summed E-state index contributed by atoms with van der Waals surface area (Å²) in [6.45, 7) is 4.33. The maximum atomic E-state index is 12.2. The number of amides is 1. The summed E-state index contributed by atoms with van der Waals surface area (Å²) in [7, 11) is 0. The number of carbonyl (C=O) groups excluding carboxylic acids is 1. The zero-order chi connectivity index (χ0) is 18.0. The number of aromatic nitrogens is 4. The first-order chi connectivity index (χ1) is 11.9. The number of anilines is 1. The number of benzene rings is 1. The van der Waals surface area contributed by atoms with E-state index in [1.807, 2.05) is 37.3 Å². The van der Waals surface area contributed by atoms with Crippen LogP contribution in [0.4, 0.5) is 5.82 Å². The molecule has 1 amide bonds. The Labute approximate surface area is 155 Å². The molecule has 0 atom stereocenters. The van der Waals surface area contributed by atoms with E-state index in [0.717, 1.165) is 11.3 Å². The monoisotopic (exact) mass is 377 g/mol. The normalized spacial score (nSPS) is 10.9. The Morgan fingerprint density at radius 3 is 2.60 bits per heavy atom. The predicted molar refractivity (Wildman–Crippen MR) is 98.1 cm³/mol. The van der Waals surface area contributed by atoms with Crippen molar-refractivity contribution in [2.24, 2.45) is 0 Å². The number of aryl methyl sites for hydroxylation is 2. The van der Waals surface area contributed by atoms with E-state index >= 15 is 0 Å². The van der Waals surface area contributed by atoms with Gasteiger partial charge in [-0.3, -0.25) is 14.2 Å². The molecule has 3 aromatic rings. The van der Waals surface area contributed by atoms with Crippen LogP contribution in [-0.4, -0.2) is 25.5 Å². The van der Waals surface area contributed by atoms with Gasteiger partial charge >= 0.3 is 0 Å². The lowest BCUT2D eigenvalue weighted by atomic mass is 10.2. The fourth-order valence-electron chi connectivity index (χ4n) is 2.42. The summed E-state index contributed by atoms with van der Waals surface area (Å²) in [6, 6.07) is 9.42. The molecule has 6 nitrogen and oxygen atoms in total. The van der Waals surface area contributed by atoms with Crippen molar-refractivity contribution in [1.82, 2.24) is 19.6 Å². The average Bonchev–Trinajstić information content (AvgIpc) is 3.03. The van der Waals surface area contributed by atoms with Crippen molar-refractivity contribution in [2.45, 2.75) is 26.9 Å². The zero-order valence-electron chi connectivity index (χ0n) is 13.8. The highest BCUT2D eigenvalue weighted by Gasteiger charge is 2.11. The second kappa shape index (κ2) is 7.29. The van der Waals surface area contributed by atoms with Crippen LogP contribution in [0.2, 0.25) is 10.0 Å². The molecule has 2 aromatic heterocycles. The van der Waals surface area contributed by atoms with Crippen LogP contribution in [0.1, 0.15) is 17.0 Å². The number of nitrogens with zero attached hydrogens (tertiary/aromatic N) is 4. The van der Waals surface area contributed by atoms with Crippen LogP contribution in [0.15, 0.2) is 36.5 Å². The van der Waals surface area contributed by atoms with Crippen LogP contribution < -0.4 is 5.32 Å². The fraction of sp³-hybridized carbons (Fsp3) is 0.235. The molecule has 1 aromatic carbocycles. The Hall–Kier alpha value is -2.31. The zero-order valence-corrected chi connectivity index (χ0v) is 15.3. The summed E-state index contributed by atoms with van der Waals surface area (Å²) < 4.78 is 3.30. The first-order valence-electron chi connectivity index (χ1n) is 7.69. The minimum Gasteiger partial charge on any atom is -0.308 e. The van der Waals surface area contributed by atoms with Crippen LogP contribution in [0.5, 0.6) is 0 Å². The number of carbonyl (C=O) groups is 1. The van der Waals surface area contributed by atoms with Crippen LogP contribution >= 0.6 is 23.2 Å². The molecule has 0 aliphatic rings. The molecule has 0 saturated heterocycles. The highest BCUT2D eigenvalue weighted by atomic mass is 35.5. The van der Waals surface area contributed by atoms with Gasteiger partial charge in [0.15, 0.2) is 5.82 Å². The number of hydrogen-bond acceptors (Lipinski definition) is 3. The minimum absolute atomic E-state index is 0.0734. The van der Waals surface area contributed by atoms with Gasteiger partial charge in [0.1, 0.15) is 6.54 Å². The Balaban J connectivity index is 1.67. The summed E-state index contributed by atoms with van der Waals surface area (Å²) in [4.78, 5) is 12.2. The van der Waals surface area contributed by atoms with Crippen molar-refractivity contribution in [1.29, 1.82) is 0 Å². The van der Waals surface area contributed by atoms with Gasteiger partial charge in [-0.2, -0.15) is 10.2 Å². The largest absolute Gasteiger partial charge is 0.308 e. The topological polar surface area (TPSA) is 64.7 Å². The van der Waals surface area contributed by atoms with Crippen molar-refractivity contribution >= 4 is 34.9 Å². The minimum atomic E-state index is -0.221. The van der Waals surface area contributed by atoms with Crippen molar-refractivity contribution < 1.29 is 4.79 Å². The fourth-order valence-corrected chi connectivity index (χ4v) is 2.77. The highest BCUT2D eigenvalue weighted by molar-refractivity contribution is 6.31. The number of nitrogens with one attached hydrogen (secondary N) is 1. The smallest absolute Gasteiger partial charge is 0.247 e. The van der Waals surface area contributed by atoms with E-state index < -0.39 is 0 Å². The van der Waals surface area contributed by atoms with E-state index in [1.54, 1.807) is 17.8 Å². The molecule has 0 aliphatic carbocycles. The lowest BCUT2D eigenvalue weighted by Gasteiger charge is -2.06. The molecule has 0 unspecified atom stereocenters. The van der Waals surface area contributed by atoms with Crippen LogP contribution in [0.25, 0.3) is 0 Å². The van der Waals surface area contributed by atoms with Crippen LogP contribution in [-0.2, 0) is 17.9 Å². The standard InChI is InChI=1S/C17H17Cl2N5O/c1-11-7-16(20-17(25)10-23-9-15(19)12(2)21-23)22-24(11)8-13-5-3-4-6-14(13)18/h3-7,9H,8,10H2,1-2H3,(H,20,22,25). The van der Waals surface area contributed by atoms with Crippen molar-refractivity contribution in [2.75, 3.05) is 5.32 Å². The molecule has 0 bridgehead atoms. The first kappa shape index (κ1) is 17.5. The van der Waals surface area contributed by atoms with Gasteiger partial charge in [-0.1, -0.05) is 41.4 Å². The van der Waals surface area contributed by atoms with Crippen LogP contribution in [0.3, 0.4) is 0 Å². The third kappa shape index (κ3) is 4.21. The molecule has 0 aliphatic heterocycles.